The van der Waals surface area contributed by atoms with Crippen LogP contribution in [0.2, 0.25) is 0 Å². The molecule has 0 saturated heterocycles. The van der Waals surface area contributed by atoms with Gasteiger partial charge >= 0.3 is 0 Å². The summed E-state index contributed by atoms with van der Waals surface area (Å²) in [5.41, 5.74) is 5.96. The molecule has 1 aromatic carbocycles. The molecule has 0 fully saturated rings. The van der Waals surface area contributed by atoms with E-state index in [1.807, 2.05) is 0 Å². The molecule has 0 spiro atoms. The van der Waals surface area contributed by atoms with Crippen LogP contribution in [-0.4, -0.2) is 20.8 Å². The van der Waals surface area contributed by atoms with Crippen LogP contribution in [0.5, 0.6) is 11.5 Å². The molecule has 0 bridgehead atoms. The highest BCUT2D eigenvalue weighted by molar-refractivity contribution is 5.49. The van der Waals surface area contributed by atoms with E-state index in [0.29, 0.717) is 23.6 Å². The van der Waals surface area contributed by atoms with Crippen LogP contribution in [0.15, 0.2) is 12.1 Å². The fraction of sp³-hybridized carbons (Fsp3) is 0.500. The molecule has 0 heterocycles. The summed E-state index contributed by atoms with van der Waals surface area (Å²) in [5.74, 6) is 0.585. The largest absolute Gasteiger partial charge is 0.493 e. The van der Waals surface area contributed by atoms with Crippen molar-refractivity contribution < 1.29 is 18.3 Å². The molecule has 0 aliphatic rings. The molecule has 1 atom stereocenters. The van der Waals surface area contributed by atoms with Gasteiger partial charge in [-0.25, -0.2) is 8.78 Å². The molecule has 0 aliphatic carbocycles. The zero-order chi connectivity index (χ0) is 13.0. The molecule has 0 aromatic heterocycles. The minimum absolute atomic E-state index is 0.0550. The van der Waals surface area contributed by atoms with E-state index in [1.165, 1.54) is 20.3 Å². The van der Waals surface area contributed by atoms with Crippen LogP contribution in [0.1, 0.15) is 30.4 Å². The third kappa shape index (κ3) is 2.85. The molecule has 96 valence electrons. The molecule has 17 heavy (non-hydrogen) atoms. The van der Waals surface area contributed by atoms with Crippen LogP contribution < -0.4 is 15.2 Å². The second-order valence-electron chi connectivity index (χ2n) is 3.77. The van der Waals surface area contributed by atoms with Gasteiger partial charge in [-0.15, -0.1) is 0 Å². The fourth-order valence-corrected chi connectivity index (χ4v) is 1.65. The molecule has 0 radical (unpaired) electrons. The van der Waals surface area contributed by atoms with Crippen molar-refractivity contribution in [3.63, 3.8) is 0 Å². The lowest BCUT2D eigenvalue weighted by molar-refractivity contribution is 0.149. The van der Waals surface area contributed by atoms with Crippen LogP contribution in [0, 0.1) is 0 Å². The van der Waals surface area contributed by atoms with E-state index >= 15 is 0 Å². The Morgan fingerprint density at radius 2 is 1.59 bits per heavy atom. The predicted molar refractivity (Wildman–Crippen MR) is 62.0 cm³/mol. The van der Waals surface area contributed by atoms with Gasteiger partial charge in [0, 0.05) is 5.56 Å². The van der Waals surface area contributed by atoms with Crippen molar-refractivity contribution >= 4 is 0 Å². The van der Waals surface area contributed by atoms with E-state index in [-0.39, 0.29) is 11.5 Å². The van der Waals surface area contributed by atoms with Gasteiger partial charge < -0.3 is 15.2 Å². The summed E-state index contributed by atoms with van der Waals surface area (Å²) in [6, 6.07) is 2.88. The second-order valence-corrected chi connectivity index (χ2v) is 3.77. The Bertz CT molecular complexity index is 383. The molecule has 0 saturated carbocycles. The van der Waals surface area contributed by atoms with E-state index in [4.69, 9.17) is 15.2 Å². The number of benzene rings is 1. The van der Waals surface area contributed by atoms with E-state index in [1.54, 1.807) is 13.0 Å². The Morgan fingerprint density at radius 3 is 1.94 bits per heavy atom. The minimum atomic E-state index is -2.56. The third-order valence-corrected chi connectivity index (χ3v) is 2.71. The molecule has 1 unspecified atom stereocenters. The summed E-state index contributed by atoms with van der Waals surface area (Å²) >= 11 is 0. The van der Waals surface area contributed by atoms with Crippen molar-refractivity contribution in [1.82, 2.24) is 0 Å². The van der Waals surface area contributed by atoms with Crippen LogP contribution in [0.25, 0.3) is 0 Å². The highest BCUT2D eigenvalue weighted by atomic mass is 19.3. The van der Waals surface area contributed by atoms with Gasteiger partial charge in [-0.3, -0.25) is 0 Å². The van der Waals surface area contributed by atoms with Gasteiger partial charge in [0.2, 0.25) is 0 Å². The molecular weight excluding hydrogens is 228 g/mol. The van der Waals surface area contributed by atoms with E-state index in [9.17, 15) is 8.78 Å². The average molecular weight is 245 g/mol. The summed E-state index contributed by atoms with van der Waals surface area (Å²) in [6.07, 6.45) is -2.56. The van der Waals surface area contributed by atoms with Crippen molar-refractivity contribution in [2.24, 2.45) is 5.73 Å². The lowest BCUT2D eigenvalue weighted by Crippen LogP contribution is -2.12. The number of alkyl halides is 2. The zero-order valence-corrected chi connectivity index (χ0v) is 10.2. The second kappa shape index (κ2) is 5.82. The lowest BCUT2D eigenvalue weighted by atomic mass is 9.95. The number of nitrogens with two attached hydrogens (primary N) is 1. The van der Waals surface area contributed by atoms with Gasteiger partial charge in [-0.2, -0.15) is 0 Å². The average Bonchev–Trinajstić information content (AvgIpc) is 2.35. The smallest absolute Gasteiger partial charge is 0.264 e. The van der Waals surface area contributed by atoms with E-state index < -0.39 is 6.43 Å². The summed E-state index contributed by atoms with van der Waals surface area (Å²) in [4.78, 5) is 0. The Morgan fingerprint density at radius 1 is 1.12 bits per heavy atom. The van der Waals surface area contributed by atoms with Crippen LogP contribution >= 0.6 is 0 Å². The van der Waals surface area contributed by atoms with Crippen molar-refractivity contribution in [1.29, 1.82) is 0 Å². The van der Waals surface area contributed by atoms with Gasteiger partial charge in [0.25, 0.3) is 6.43 Å². The Hall–Kier alpha value is -1.36. The van der Waals surface area contributed by atoms with Crippen LogP contribution in [0.3, 0.4) is 0 Å². The van der Waals surface area contributed by atoms with Crippen molar-refractivity contribution in [3.05, 3.63) is 23.3 Å². The normalized spacial score (nSPS) is 12.6. The van der Waals surface area contributed by atoms with E-state index in [2.05, 4.69) is 0 Å². The highest BCUT2D eigenvalue weighted by Crippen LogP contribution is 2.37. The SMILES string of the molecule is COc1cc(C(F)F)c(C(C)CN)cc1OC. The molecule has 0 amide bonds. The number of hydrogen-bond acceptors (Lipinski definition) is 3. The molecule has 1 aromatic rings. The van der Waals surface area contributed by atoms with Gasteiger partial charge in [-0.1, -0.05) is 6.92 Å². The number of methoxy groups -OCH3 is 2. The third-order valence-electron chi connectivity index (χ3n) is 2.71. The topological polar surface area (TPSA) is 44.5 Å². The van der Waals surface area contributed by atoms with Crippen molar-refractivity contribution in [2.75, 3.05) is 20.8 Å². The lowest BCUT2D eigenvalue weighted by Gasteiger charge is -2.18. The summed E-state index contributed by atoms with van der Waals surface area (Å²) in [5, 5.41) is 0. The Balaban J connectivity index is 3.34. The Labute approximate surface area is 99.5 Å². The van der Waals surface area contributed by atoms with Crippen molar-refractivity contribution in [2.45, 2.75) is 19.3 Å². The first-order chi connectivity index (χ1) is 8.04. The van der Waals surface area contributed by atoms with Crippen molar-refractivity contribution in [3.8, 4) is 11.5 Å². The first kappa shape index (κ1) is 13.7. The zero-order valence-electron chi connectivity index (χ0n) is 10.2. The minimum Gasteiger partial charge on any atom is -0.493 e. The predicted octanol–water partition coefficient (Wildman–Crippen LogP) is 2.70. The van der Waals surface area contributed by atoms with Crippen LogP contribution in [0.4, 0.5) is 8.78 Å². The molecule has 1 rings (SSSR count). The first-order valence-electron chi connectivity index (χ1n) is 5.29. The van der Waals surface area contributed by atoms with Crippen LogP contribution in [-0.2, 0) is 0 Å². The molecular formula is C12H17F2NO2. The highest BCUT2D eigenvalue weighted by Gasteiger charge is 2.20. The monoisotopic (exact) mass is 245 g/mol. The van der Waals surface area contributed by atoms with Gasteiger partial charge in [-0.05, 0) is 30.2 Å². The maximum absolute atomic E-state index is 12.9. The van der Waals surface area contributed by atoms with Gasteiger partial charge in [0.1, 0.15) is 0 Å². The molecule has 3 nitrogen and oxygen atoms in total. The number of halogens is 2. The van der Waals surface area contributed by atoms with Gasteiger partial charge in [0.05, 0.1) is 14.2 Å². The molecule has 2 N–H and O–H groups in total. The standard InChI is InChI=1S/C12H17F2NO2/c1-7(6-15)8-4-10(16-2)11(17-3)5-9(8)12(13)14/h4-5,7,12H,6,15H2,1-3H3. The first-order valence-corrected chi connectivity index (χ1v) is 5.29. The molecule has 0 aliphatic heterocycles. The summed E-state index contributed by atoms with van der Waals surface area (Å²) in [6.45, 7) is 2.10. The summed E-state index contributed by atoms with van der Waals surface area (Å²) in [7, 11) is 2.88. The fourth-order valence-electron chi connectivity index (χ4n) is 1.65. The quantitative estimate of drug-likeness (QED) is 0.867. The molecule has 5 heteroatoms. The summed E-state index contributed by atoms with van der Waals surface area (Å²) < 4.78 is 36.0. The Kier molecular flexibility index (Phi) is 4.69. The maximum atomic E-state index is 12.9. The maximum Gasteiger partial charge on any atom is 0.264 e. The van der Waals surface area contributed by atoms with E-state index in [0.717, 1.165) is 0 Å². The van der Waals surface area contributed by atoms with Gasteiger partial charge in [0.15, 0.2) is 11.5 Å². The number of hydrogen-bond donors (Lipinski definition) is 1. The number of rotatable bonds is 5. The number of ether oxygens (including phenoxy) is 2.